The summed E-state index contributed by atoms with van der Waals surface area (Å²) in [6.07, 6.45) is 0. The zero-order valence-corrected chi connectivity index (χ0v) is 34.2. The quantitative estimate of drug-likeness (QED) is 0.173. The molecule has 0 aliphatic rings. The smallest absolute Gasteiger partial charge is 0.240 e. The Labute approximate surface area is 365 Å². The molecule has 0 radical (unpaired) electrons. The number of benzene rings is 9. The summed E-state index contributed by atoms with van der Waals surface area (Å²) in [5.41, 5.74) is 12.2. The van der Waals surface area contributed by atoms with Crippen LogP contribution < -0.4 is 0 Å². The molecule has 0 N–H and O–H groups in total. The highest BCUT2D eigenvalue weighted by molar-refractivity contribution is 6.19. The van der Waals surface area contributed by atoms with E-state index < -0.39 is 0 Å². The van der Waals surface area contributed by atoms with Gasteiger partial charge in [-0.3, -0.25) is 9.13 Å². The van der Waals surface area contributed by atoms with Crippen LogP contribution in [0.25, 0.3) is 127 Å². The summed E-state index contributed by atoms with van der Waals surface area (Å²) >= 11 is 0. The standard InChI is InChI=1S/C57H34N6O/c1-3-15-35(16-4-1)36-28-30-50-44(31-36)39-19-8-12-24-48(39)62(50)56-58-55(37-27-29-43-42-22-10-14-26-53(42)64-54(43)32-37)59-57(60-56)63-49-25-13-9-21-41(49)46-33-51-45(34-52(46)63)40-20-7-11-23-47(40)61(51)38-17-5-2-6-18-38/h1-34H. The first-order valence-electron chi connectivity index (χ1n) is 21.5. The van der Waals surface area contributed by atoms with Gasteiger partial charge in [0.1, 0.15) is 11.2 Å². The fourth-order valence-electron chi connectivity index (χ4n) is 10.0. The molecule has 0 spiro atoms. The Morgan fingerprint density at radius 1 is 0.281 bits per heavy atom. The van der Waals surface area contributed by atoms with Crippen molar-refractivity contribution in [3.05, 3.63) is 206 Å². The predicted molar refractivity (Wildman–Crippen MR) is 261 cm³/mol. The fourth-order valence-corrected chi connectivity index (χ4v) is 10.0. The summed E-state index contributed by atoms with van der Waals surface area (Å²) in [7, 11) is 0. The molecular weight excluding hydrogens is 785 g/mol. The van der Waals surface area contributed by atoms with Gasteiger partial charge in [0.15, 0.2) is 5.82 Å². The summed E-state index contributed by atoms with van der Waals surface area (Å²) in [5.74, 6) is 1.59. The summed E-state index contributed by atoms with van der Waals surface area (Å²) in [6.45, 7) is 0. The van der Waals surface area contributed by atoms with E-state index in [-0.39, 0.29) is 0 Å². The third-order valence-corrected chi connectivity index (χ3v) is 12.9. The van der Waals surface area contributed by atoms with Crippen LogP contribution in [-0.2, 0) is 0 Å². The van der Waals surface area contributed by atoms with Gasteiger partial charge < -0.3 is 8.98 Å². The van der Waals surface area contributed by atoms with Crippen LogP contribution in [0.4, 0.5) is 0 Å². The van der Waals surface area contributed by atoms with E-state index in [2.05, 4.69) is 202 Å². The van der Waals surface area contributed by atoms with E-state index >= 15 is 0 Å². The Morgan fingerprint density at radius 3 is 1.44 bits per heavy atom. The summed E-state index contributed by atoms with van der Waals surface area (Å²) in [6, 6.07) is 72.6. The van der Waals surface area contributed by atoms with Crippen molar-refractivity contribution in [1.29, 1.82) is 0 Å². The predicted octanol–water partition coefficient (Wildman–Crippen LogP) is 14.4. The van der Waals surface area contributed by atoms with Gasteiger partial charge in [0.2, 0.25) is 11.9 Å². The summed E-state index contributed by atoms with van der Waals surface area (Å²) < 4.78 is 13.2. The number of furan rings is 1. The summed E-state index contributed by atoms with van der Waals surface area (Å²) in [4.78, 5) is 16.3. The minimum absolute atomic E-state index is 0.522. The maximum absolute atomic E-state index is 6.42. The first-order valence-corrected chi connectivity index (χ1v) is 21.5. The molecule has 0 unspecified atom stereocenters. The molecule has 0 aliphatic carbocycles. The SMILES string of the molecule is c1ccc(-c2ccc3c(c2)c2ccccc2n3-c2nc(-c3ccc4c(c3)oc3ccccc34)nc(-n3c4ccccc4c4cc5c(cc43)c3ccccc3n5-c3ccccc3)n2)cc1. The van der Waals surface area contributed by atoms with Crippen LogP contribution in [0, 0.1) is 0 Å². The van der Waals surface area contributed by atoms with Crippen molar-refractivity contribution < 1.29 is 4.42 Å². The molecule has 9 aromatic carbocycles. The molecule has 0 amide bonds. The third kappa shape index (κ3) is 5.06. The van der Waals surface area contributed by atoms with Crippen molar-refractivity contribution in [1.82, 2.24) is 28.7 Å². The number of nitrogens with zero attached hydrogens (tertiary/aromatic N) is 6. The van der Waals surface area contributed by atoms with Crippen molar-refractivity contribution >= 4 is 87.4 Å². The fraction of sp³-hybridized carbons (Fsp3) is 0. The van der Waals surface area contributed by atoms with E-state index in [0.29, 0.717) is 17.7 Å². The molecule has 0 saturated heterocycles. The molecule has 0 fully saturated rings. The number of hydrogen-bond donors (Lipinski definition) is 0. The number of para-hydroxylation sites is 5. The van der Waals surface area contributed by atoms with Crippen molar-refractivity contribution in [3.63, 3.8) is 0 Å². The maximum Gasteiger partial charge on any atom is 0.240 e. The Hall–Kier alpha value is -8.81. The second kappa shape index (κ2) is 13.3. The monoisotopic (exact) mass is 818 g/mol. The minimum Gasteiger partial charge on any atom is -0.456 e. The van der Waals surface area contributed by atoms with E-state index in [1.807, 2.05) is 18.2 Å². The molecular formula is C57H34N6O. The zero-order valence-electron chi connectivity index (χ0n) is 34.2. The van der Waals surface area contributed by atoms with Crippen LogP contribution in [-0.4, -0.2) is 28.7 Å². The van der Waals surface area contributed by atoms with E-state index in [1.54, 1.807) is 0 Å². The van der Waals surface area contributed by atoms with Crippen molar-refractivity contribution in [2.45, 2.75) is 0 Å². The highest BCUT2D eigenvalue weighted by Gasteiger charge is 2.23. The lowest BCUT2D eigenvalue weighted by Crippen LogP contribution is -2.10. The first-order chi connectivity index (χ1) is 31.7. The van der Waals surface area contributed by atoms with Crippen LogP contribution in [0.15, 0.2) is 211 Å². The van der Waals surface area contributed by atoms with Gasteiger partial charge >= 0.3 is 0 Å². The Bertz CT molecular complexity index is 4190. The van der Waals surface area contributed by atoms with Gasteiger partial charge in [-0.05, 0) is 83.9 Å². The molecule has 0 bridgehead atoms. The Morgan fingerprint density at radius 2 is 0.766 bits per heavy atom. The zero-order chi connectivity index (χ0) is 41.9. The second-order valence-electron chi connectivity index (χ2n) is 16.4. The highest BCUT2D eigenvalue weighted by atomic mass is 16.3. The van der Waals surface area contributed by atoms with E-state index in [1.165, 1.54) is 10.9 Å². The van der Waals surface area contributed by atoms with Gasteiger partial charge in [-0.1, -0.05) is 133 Å². The molecule has 14 rings (SSSR count). The Kier molecular flexibility index (Phi) is 7.27. The average Bonchev–Trinajstić information content (AvgIpc) is 4.09. The molecule has 298 valence electrons. The van der Waals surface area contributed by atoms with Crippen LogP contribution in [0.3, 0.4) is 0 Å². The third-order valence-electron chi connectivity index (χ3n) is 12.9. The molecule has 5 heterocycles. The van der Waals surface area contributed by atoms with Crippen molar-refractivity contribution in [3.8, 4) is 40.1 Å². The van der Waals surface area contributed by atoms with Gasteiger partial charge in [0, 0.05) is 54.3 Å². The van der Waals surface area contributed by atoms with Gasteiger partial charge in [0.05, 0.1) is 33.1 Å². The molecule has 0 saturated carbocycles. The topological polar surface area (TPSA) is 66.6 Å². The van der Waals surface area contributed by atoms with Crippen LogP contribution in [0.5, 0.6) is 0 Å². The van der Waals surface area contributed by atoms with Crippen LogP contribution in [0.1, 0.15) is 0 Å². The Balaban J connectivity index is 1.08. The van der Waals surface area contributed by atoms with Gasteiger partial charge in [0.25, 0.3) is 0 Å². The van der Waals surface area contributed by atoms with E-state index in [0.717, 1.165) is 98.8 Å². The number of hydrogen-bond acceptors (Lipinski definition) is 4. The van der Waals surface area contributed by atoms with Gasteiger partial charge in [-0.2, -0.15) is 15.0 Å². The average molecular weight is 819 g/mol. The van der Waals surface area contributed by atoms with E-state index in [9.17, 15) is 0 Å². The molecule has 7 heteroatoms. The largest absolute Gasteiger partial charge is 0.456 e. The van der Waals surface area contributed by atoms with Gasteiger partial charge in [-0.15, -0.1) is 0 Å². The van der Waals surface area contributed by atoms with Crippen molar-refractivity contribution in [2.24, 2.45) is 0 Å². The van der Waals surface area contributed by atoms with Crippen LogP contribution >= 0.6 is 0 Å². The van der Waals surface area contributed by atoms with Gasteiger partial charge in [-0.25, -0.2) is 0 Å². The summed E-state index contributed by atoms with van der Waals surface area (Å²) in [5, 5.41) is 8.92. The van der Waals surface area contributed by atoms with Crippen LogP contribution in [0.2, 0.25) is 0 Å². The van der Waals surface area contributed by atoms with Crippen molar-refractivity contribution in [2.75, 3.05) is 0 Å². The number of fused-ring (bicyclic) bond motifs is 12. The molecule has 14 aromatic rings. The molecule has 7 nitrogen and oxygen atoms in total. The lowest BCUT2D eigenvalue weighted by Gasteiger charge is -2.13. The molecule has 64 heavy (non-hydrogen) atoms. The second-order valence-corrected chi connectivity index (χ2v) is 16.4. The normalized spacial score (nSPS) is 12.1. The number of aromatic nitrogens is 6. The molecule has 0 atom stereocenters. The minimum atomic E-state index is 0.522. The highest BCUT2D eigenvalue weighted by Crippen LogP contribution is 2.41. The number of rotatable bonds is 5. The lowest BCUT2D eigenvalue weighted by atomic mass is 10.0. The lowest BCUT2D eigenvalue weighted by molar-refractivity contribution is 0.669. The molecule has 0 aliphatic heterocycles. The van der Waals surface area contributed by atoms with E-state index in [4.69, 9.17) is 19.4 Å². The first kappa shape index (κ1) is 34.9. The molecule has 5 aromatic heterocycles. The maximum atomic E-state index is 6.42.